The van der Waals surface area contributed by atoms with Gasteiger partial charge in [0.1, 0.15) is 11.8 Å². The number of carbonyl (C=O) groups is 1. The first kappa shape index (κ1) is 15.2. The first-order valence-electron chi connectivity index (χ1n) is 6.49. The third-order valence-corrected chi connectivity index (χ3v) is 3.18. The molecule has 3 atom stereocenters. The standard InChI is InChI=1S/C13H25FN2O2/c1-13(2,3)18-12(17)15-11-7-6-9(16(4)5)8-10(11)14/h9-11H,6-8H2,1-5H3,(H,15,17)/t9?,10-,11+/m0/s1. The molecular formula is C13H25FN2O2. The maximum atomic E-state index is 14.0. The number of hydrogen-bond donors (Lipinski definition) is 1. The summed E-state index contributed by atoms with van der Waals surface area (Å²) in [7, 11) is 3.91. The van der Waals surface area contributed by atoms with E-state index in [2.05, 4.69) is 5.32 Å². The van der Waals surface area contributed by atoms with Crippen LogP contribution >= 0.6 is 0 Å². The van der Waals surface area contributed by atoms with Crippen LogP contribution in [0.5, 0.6) is 0 Å². The van der Waals surface area contributed by atoms with Gasteiger partial charge in [0.15, 0.2) is 0 Å². The van der Waals surface area contributed by atoms with Crippen LogP contribution in [0.25, 0.3) is 0 Å². The lowest BCUT2D eigenvalue weighted by Crippen LogP contribution is -2.49. The maximum Gasteiger partial charge on any atom is 0.407 e. The van der Waals surface area contributed by atoms with Crippen LogP contribution in [-0.2, 0) is 4.74 Å². The quantitative estimate of drug-likeness (QED) is 0.828. The van der Waals surface area contributed by atoms with Crippen molar-refractivity contribution in [3.05, 3.63) is 0 Å². The Bertz CT molecular complexity index is 289. The Morgan fingerprint density at radius 3 is 2.39 bits per heavy atom. The molecule has 0 saturated heterocycles. The number of rotatable bonds is 2. The fraction of sp³-hybridized carbons (Fsp3) is 0.923. The zero-order valence-electron chi connectivity index (χ0n) is 12.0. The zero-order chi connectivity index (χ0) is 13.9. The summed E-state index contributed by atoms with van der Waals surface area (Å²) in [5.41, 5.74) is -0.545. The van der Waals surface area contributed by atoms with Crippen LogP contribution in [0.2, 0.25) is 0 Å². The number of carbonyl (C=O) groups excluding carboxylic acids is 1. The van der Waals surface area contributed by atoms with Crippen molar-refractivity contribution in [3.63, 3.8) is 0 Å². The summed E-state index contributed by atoms with van der Waals surface area (Å²) < 4.78 is 19.1. The Hall–Kier alpha value is -0.840. The van der Waals surface area contributed by atoms with Gasteiger partial charge in [-0.05, 0) is 54.1 Å². The molecule has 0 bridgehead atoms. The summed E-state index contributed by atoms with van der Waals surface area (Å²) in [6.45, 7) is 5.38. The van der Waals surface area contributed by atoms with E-state index in [0.717, 1.165) is 6.42 Å². The monoisotopic (exact) mass is 260 g/mol. The Balaban J connectivity index is 2.43. The molecule has 0 aliphatic heterocycles. The molecule has 1 fully saturated rings. The number of amides is 1. The minimum atomic E-state index is -1.00. The average molecular weight is 260 g/mol. The number of nitrogens with zero attached hydrogens (tertiary/aromatic N) is 1. The molecule has 1 aliphatic carbocycles. The van der Waals surface area contributed by atoms with Crippen molar-refractivity contribution in [2.75, 3.05) is 14.1 Å². The number of nitrogens with one attached hydrogen (secondary N) is 1. The van der Waals surface area contributed by atoms with E-state index in [-0.39, 0.29) is 6.04 Å². The van der Waals surface area contributed by atoms with Gasteiger partial charge in [0, 0.05) is 6.04 Å². The van der Waals surface area contributed by atoms with Gasteiger partial charge >= 0.3 is 6.09 Å². The predicted octanol–water partition coefficient (Wildman–Crippen LogP) is 2.33. The summed E-state index contributed by atoms with van der Waals surface area (Å²) in [5.74, 6) is 0. The highest BCUT2D eigenvalue weighted by Gasteiger charge is 2.33. The molecule has 0 heterocycles. The summed E-state index contributed by atoms with van der Waals surface area (Å²) in [4.78, 5) is 13.6. The largest absolute Gasteiger partial charge is 0.444 e. The average Bonchev–Trinajstić information content (AvgIpc) is 2.17. The van der Waals surface area contributed by atoms with Crippen LogP contribution in [0.4, 0.5) is 9.18 Å². The molecule has 4 nitrogen and oxygen atoms in total. The predicted molar refractivity (Wildman–Crippen MR) is 69.4 cm³/mol. The second kappa shape index (κ2) is 5.87. The fourth-order valence-corrected chi connectivity index (χ4v) is 2.19. The van der Waals surface area contributed by atoms with Crippen LogP contribution in [0, 0.1) is 0 Å². The molecule has 1 saturated carbocycles. The van der Waals surface area contributed by atoms with Gasteiger partial charge in [-0.3, -0.25) is 0 Å². The minimum Gasteiger partial charge on any atom is -0.444 e. The van der Waals surface area contributed by atoms with E-state index in [1.807, 2.05) is 19.0 Å². The highest BCUT2D eigenvalue weighted by Crippen LogP contribution is 2.24. The van der Waals surface area contributed by atoms with E-state index in [1.54, 1.807) is 20.8 Å². The van der Waals surface area contributed by atoms with E-state index in [4.69, 9.17) is 4.74 Å². The smallest absolute Gasteiger partial charge is 0.407 e. The van der Waals surface area contributed by atoms with E-state index in [9.17, 15) is 9.18 Å². The van der Waals surface area contributed by atoms with Crippen molar-refractivity contribution in [2.45, 2.75) is 63.9 Å². The van der Waals surface area contributed by atoms with Gasteiger partial charge in [-0.25, -0.2) is 9.18 Å². The van der Waals surface area contributed by atoms with Crippen LogP contribution in [0.1, 0.15) is 40.0 Å². The molecule has 0 aromatic carbocycles. The number of hydrogen-bond acceptors (Lipinski definition) is 3. The van der Waals surface area contributed by atoms with Crippen LogP contribution in [0.15, 0.2) is 0 Å². The Morgan fingerprint density at radius 1 is 1.33 bits per heavy atom. The minimum absolute atomic E-state index is 0.261. The molecule has 1 N–H and O–H groups in total. The van der Waals surface area contributed by atoms with E-state index < -0.39 is 23.9 Å². The third-order valence-electron chi connectivity index (χ3n) is 3.18. The van der Waals surface area contributed by atoms with Crippen LogP contribution in [-0.4, -0.2) is 48.9 Å². The van der Waals surface area contributed by atoms with Crippen molar-refractivity contribution in [3.8, 4) is 0 Å². The summed E-state index contributed by atoms with van der Waals surface area (Å²) in [5, 5.41) is 2.63. The first-order chi connectivity index (χ1) is 8.19. The van der Waals surface area contributed by atoms with Gasteiger partial charge < -0.3 is 15.0 Å². The molecule has 0 radical (unpaired) electrons. The van der Waals surface area contributed by atoms with Crippen molar-refractivity contribution < 1.29 is 13.9 Å². The fourth-order valence-electron chi connectivity index (χ4n) is 2.19. The second-order valence-corrected chi connectivity index (χ2v) is 6.20. The lowest BCUT2D eigenvalue weighted by molar-refractivity contribution is 0.0415. The van der Waals surface area contributed by atoms with Gasteiger partial charge in [0.05, 0.1) is 6.04 Å². The Morgan fingerprint density at radius 2 is 1.94 bits per heavy atom. The molecule has 0 aromatic heterocycles. The highest BCUT2D eigenvalue weighted by atomic mass is 19.1. The van der Waals surface area contributed by atoms with Gasteiger partial charge in [-0.2, -0.15) is 0 Å². The van der Waals surface area contributed by atoms with Crippen LogP contribution in [0.3, 0.4) is 0 Å². The molecule has 1 amide bonds. The molecule has 1 rings (SSSR count). The molecule has 5 heteroatoms. The van der Waals surface area contributed by atoms with Gasteiger partial charge in [0.2, 0.25) is 0 Å². The normalized spacial score (nSPS) is 29.2. The molecule has 0 aromatic rings. The number of ether oxygens (including phenoxy) is 1. The second-order valence-electron chi connectivity index (χ2n) is 6.20. The molecular weight excluding hydrogens is 235 g/mol. The van der Waals surface area contributed by atoms with Gasteiger partial charge in [-0.15, -0.1) is 0 Å². The molecule has 18 heavy (non-hydrogen) atoms. The summed E-state index contributed by atoms with van der Waals surface area (Å²) >= 11 is 0. The molecule has 106 valence electrons. The highest BCUT2D eigenvalue weighted by molar-refractivity contribution is 5.68. The van der Waals surface area contributed by atoms with Crippen molar-refractivity contribution in [2.24, 2.45) is 0 Å². The Labute approximate surface area is 109 Å². The molecule has 1 aliphatic rings. The van der Waals surface area contributed by atoms with E-state index in [0.29, 0.717) is 12.8 Å². The van der Waals surface area contributed by atoms with Crippen molar-refractivity contribution in [1.82, 2.24) is 10.2 Å². The first-order valence-corrected chi connectivity index (χ1v) is 6.49. The maximum absolute atomic E-state index is 14.0. The van der Waals surface area contributed by atoms with Crippen molar-refractivity contribution in [1.29, 1.82) is 0 Å². The van der Waals surface area contributed by atoms with Gasteiger partial charge in [0.25, 0.3) is 0 Å². The lowest BCUT2D eigenvalue weighted by atomic mass is 9.89. The van der Waals surface area contributed by atoms with E-state index >= 15 is 0 Å². The lowest BCUT2D eigenvalue weighted by Gasteiger charge is -2.35. The Kier molecular flexibility index (Phi) is 4.96. The topological polar surface area (TPSA) is 41.6 Å². The number of halogens is 1. The molecule has 1 unspecified atom stereocenters. The van der Waals surface area contributed by atoms with E-state index in [1.165, 1.54) is 0 Å². The summed E-state index contributed by atoms with van der Waals surface area (Å²) in [6.07, 6.45) is 0.488. The van der Waals surface area contributed by atoms with Crippen molar-refractivity contribution >= 4 is 6.09 Å². The zero-order valence-corrected chi connectivity index (χ0v) is 12.0. The van der Waals surface area contributed by atoms with Gasteiger partial charge in [-0.1, -0.05) is 0 Å². The SMILES string of the molecule is CN(C)C1CC[C@@H](NC(=O)OC(C)(C)C)[C@@H](F)C1. The van der Waals surface area contributed by atoms with Crippen LogP contribution < -0.4 is 5.32 Å². The number of alkyl carbamates (subject to hydrolysis) is 1. The number of alkyl halides is 1. The molecule has 0 spiro atoms. The summed E-state index contributed by atoms with van der Waals surface area (Å²) in [6, 6.07) is -0.160. The third kappa shape index (κ3) is 4.80.